The van der Waals surface area contributed by atoms with Crippen LogP contribution in [0.2, 0.25) is 0 Å². The van der Waals surface area contributed by atoms with Gasteiger partial charge < -0.3 is 14.4 Å². The molecule has 1 amide bonds. The fourth-order valence-corrected chi connectivity index (χ4v) is 4.18. The SMILES string of the molecule is Cc1cc(NC(=O)C(c2ccccc2)N2CCCC(c3nncn3C(C)C)C2)no1. The number of carbonyl (C=O) groups is 1. The lowest BCUT2D eigenvalue weighted by atomic mass is 9.93. The Kier molecular flexibility index (Phi) is 5.94. The summed E-state index contributed by atoms with van der Waals surface area (Å²) >= 11 is 0. The van der Waals surface area contributed by atoms with E-state index in [4.69, 9.17) is 4.52 Å². The first kappa shape index (κ1) is 20.3. The maximum atomic E-state index is 13.3. The number of nitrogens with one attached hydrogen (secondary N) is 1. The van der Waals surface area contributed by atoms with Crippen LogP contribution in [0.1, 0.15) is 61.8 Å². The van der Waals surface area contributed by atoms with Crippen molar-refractivity contribution >= 4 is 11.7 Å². The first-order chi connectivity index (χ1) is 14.5. The Morgan fingerprint density at radius 2 is 2.07 bits per heavy atom. The summed E-state index contributed by atoms with van der Waals surface area (Å²) in [6.07, 6.45) is 3.83. The third kappa shape index (κ3) is 4.28. The second kappa shape index (κ2) is 8.79. The van der Waals surface area contributed by atoms with Crippen molar-refractivity contribution in [2.45, 2.75) is 51.6 Å². The highest BCUT2D eigenvalue weighted by Gasteiger charge is 2.34. The molecule has 0 aliphatic carbocycles. The van der Waals surface area contributed by atoms with Crippen LogP contribution in [-0.2, 0) is 4.79 Å². The molecule has 158 valence electrons. The Labute approximate surface area is 176 Å². The number of aromatic nitrogens is 4. The molecule has 0 bridgehead atoms. The van der Waals surface area contributed by atoms with Crippen LogP contribution in [0, 0.1) is 6.92 Å². The normalized spacial score (nSPS) is 18.5. The van der Waals surface area contributed by atoms with Crippen LogP contribution in [0.3, 0.4) is 0 Å². The van der Waals surface area contributed by atoms with E-state index in [9.17, 15) is 4.79 Å². The second-order valence-corrected chi connectivity index (χ2v) is 8.15. The summed E-state index contributed by atoms with van der Waals surface area (Å²) in [5.41, 5.74) is 0.959. The smallest absolute Gasteiger partial charge is 0.247 e. The third-order valence-corrected chi connectivity index (χ3v) is 5.58. The molecule has 1 saturated heterocycles. The standard InChI is InChI=1S/C22H28N6O2/c1-15(2)28-14-23-25-21(28)18-10-7-11-27(13-18)20(17-8-5-4-6-9-17)22(29)24-19-12-16(3)30-26-19/h4-6,8-9,12,14-15,18,20H,7,10-11,13H2,1-3H3,(H,24,26,29). The molecule has 3 heterocycles. The quantitative estimate of drug-likeness (QED) is 0.669. The number of hydrogen-bond acceptors (Lipinski definition) is 6. The molecule has 0 radical (unpaired) electrons. The summed E-state index contributed by atoms with van der Waals surface area (Å²) in [5, 5.41) is 15.4. The molecule has 30 heavy (non-hydrogen) atoms. The largest absolute Gasteiger partial charge is 0.360 e. The Hall–Kier alpha value is -3.00. The molecule has 1 aliphatic heterocycles. The van der Waals surface area contributed by atoms with E-state index in [2.05, 4.69) is 44.0 Å². The molecule has 2 unspecified atom stereocenters. The van der Waals surface area contributed by atoms with Gasteiger partial charge in [0, 0.05) is 24.6 Å². The molecule has 0 spiro atoms. The van der Waals surface area contributed by atoms with Gasteiger partial charge in [-0.05, 0) is 45.7 Å². The van der Waals surface area contributed by atoms with Crippen molar-refractivity contribution in [1.82, 2.24) is 24.8 Å². The molecule has 0 saturated carbocycles. The number of amides is 1. The lowest BCUT2D eigenvalue weighted by Gasteiger charge is -2.37. The van der Waals surface area contributed by atoms with Crippen molar-refractivity contribution in [3.05, 3.63) is 59.9 Å². The van der Waals surface area contributed by atoms with Gasteiger partial charge in [0.15, 0.2) is 5.82 Å². The highest BCUT2D eigenvalue weighted by Crippen LogP contribution is 2.33. The minimum absolute atomic E-state index is 0.111. The number of rotatable bonds is 6. The summed E-state index contributed by atoms with van der Waals surface area (Å²) in [4.78, 5) is 15.6. The lowest BCUT2D eigenvalue weighted by molar-refractivity contribution is -0.122. The van der Waals surface area contributed by atoms with E-state index in [0.717, 1.165) is 37.3 Å². The molecule has 3 aromatic rings. The molecule has 8 heteroatoms. The Morgan fingerprint density at radius 3 is 2.77 bits per heavy atom. The van der Waals surface area contributed by atoms with Crippen molar-refractivity contribution in [2.24, 2.45) is 0 Å². The van der Waals surface area contributed by atoms with E-state index in [0.29, 0.717) is 17.6 Å². The van der Waals surface area contributed by atoms with E-state index < -0.39 is 6.04 Å². The molecule has 4 rings (SSSR count). The van der Waals surface area contributed by atoms with Crippen LogP contribution < -0.4 is 5.32 Å². The average Bonchev–Trinajstić information content (AvgIpc) is 3.38. The van der Waals surface area contributed by atoms with Gasteiger partial charge in [-0.3, -0.25) is 9.69 Å². The zero-order chi connectivity index (χ0) is 21.1. The van der Waals surface area contributed by atoms with E-state index >= 15 is 0 Å². The molecule has 1 aromatic carbocycles. The van der Waals surface area contributed by atoms with E-state index in [-0.39, 0.29) is 11.8 Å². The third-order valence-electron chi connectivity index (χ3n) is 5.58. The molecular formula is C22H28N6O2. The van der Waals surface area contributed by atoms with Gasteiger partial charge in [0.05, 0.1) is 0 Å². The predicted molar refractivity (Wildman–Crippen MR) is 113 cm³/mol. The summed E-state index contributed by atoms with van der Waals surface area (Å²) in [5.74, 6) is 2.21. The van der Waals surface area contributed by atoms with Crippen LogP contribution >= 0.6 is 0 Å². The van der Waals surface area contributed by atoms with Gasteiger partial charge in [0.1, 0.15) is 24.0 Å². The maximum absolute atomic E-state index is 13.3. The van der Waals surface area contributed by atoms with Gasteiger partial charge in [-0.15, -0.1) is 10.2 Å². The summed E-state index contributed by atoms with van der Waals surface area (Å²) in [6.45, 7) is 7.66. The number of benzene rings is 1. The number of hydrogen-bond donors (Lipinski definition) is 1. The molecule has 1 fully saturated rings. The second-order valence-electron chi connectivity index (χ2n) is 8.15. The van der Waals surface area contributed by atoms with E-state index in [1.807, 2.05) is 30.3 Å². The minimum atomic E-state index is -0.415. The number of carbonyl (C=O) groups excluding carboxylic acids is 1. The van der Waals surface area contributed by atoms with Gasteiger partial charge in [-0.25, -0.2) is 0 Å². The average molecular weight is 409 g/mol. The first-order valence-corrected chi connectivity index (χ1v) is 10.5. The van der Waals surface area contributed by atoms with Gasteiger partial charge in [-0.2, -0.15) is 0 Å². The van der Waals surface area contributed by atoms with Crippen LogP contribution in [0.5, 0.6) is 0 Å². The van der Waals surface area contributed by atoms with Crippen molar-refractivity contribution < 1.29 is 9.32 Å². The predicted octanol–water partition coefficient (Wildman–Crippen LogP) is 3.71. The number of nitrogens with zero attached hydrogens (tertiary/aromatic N) is 5. The Balaban J connectivity index is 1.60. The van der Waals surface area contributed by atoms with E-state index in [1.165, 1.54) is 0 Å². The van der Waals surface area contributed by atoms with E-state index in [1.54, 1.807) is 19.3 Å². The summed E-state index contributed by atoms with van der Waals surface area (Å²) < 4.78 is 7.23. The first-order valence-electron chi connectivity index (χ1n) is 10.5. The monoisotopic (exact) mass is 408 g/mol. The van der Waals surface area contributed by atoms with Crippen molar-refractivity contribution in [3.63, 3.8) is 0 Å². The number of anilines is 1. The minimum Gasteiger partial charge on any atom is -0.360 e. The highest BCUT2D eigenvalue weighted by atomic mass is 16.5. The van der Waals surface area contributed by atoms with Crippen LogP contribution in [0.4, 0.5) is 5.82 Å². The van der Waals surface area contributed by atoms with Crippen molar-refractivity contribution in [1.29, 1.82) is 0 Å². The van der Waals surface area contributed by atoms with Gasteiger partial charge in [0.25, 0.3) is 0 Å². The van der Waals surface area contributed by atoms with Gasteiger partial charge in [0.2, 0.25) is 5.91 Å². The van der Waals surface area contributed by atoms with Crippen LogP contribution in [0.15, 0.2) is 47.2 Å². The van der Waals surface area contributed by atoms with Crippen molar-refractivity contribution in [3.8, 4) is 0 Å². The number of likely N-dealkylation sites (tertiary alicyclic amines) is 1. The Bertz CT molecular complexity index is 980. The molecule has 2 atom stereocenters. The van der Waals surface area contributed by atoms with Gasteiger partial charge in [-0.1, -0.05) is 35.5 Å². The topological polar surface area (TPSA) is 89.1 Å². The molecule has 1 aliphatic rings. The number of aryl methyl sites for hydroxylation is 1. The highest BCUT2D eigenvalue weighted by molar-refractivity contribution is 5.94. The summed E-state index contributed by atoms with van der Waals surface area (Å²) in [7, 11) is 0. The summed E-state index contributed by atoms with van der Waals surface area (Å²) in [6, 6.07) is 11.5. The zero-order valence-corrected chi connectivity index (χ0v) is 17.7. The Morgan fingerprint density at radius 1 is 1.27 bits per heavy atom. The fourth-order valence-electron chi connectivity index (χ4n) is 4.18. The zero-order valence-electron chi connectivity index (χ0n) is 17.7. The molecule has 8 nitrogen and oxygen atoms in total. The van der Waals surface area contributed by atoms with Crippen LogP contribution in [-0.4, -0.2) is 43.8 Å². The number of piperidine rings is 1. The fraction of sp³-hybridized carbons (Fsp3) is 0.455. The molecule has 2 aromatic heterocycles. The van der Waals surface area contributed by atoms with Gasteiger partial charge >= 0.3 is 0 Å². The van der Waals surface area contributed by atoms with Crippen molar-refractivity contribution in [2.75, 3.05) is 18.4 Å². The molecule has 1 N–H and O–H groups in total. The lowest BCUT2D eigenvalue weighted by Crippen LogP contribution is -2.43. The maximum Gasteiger partial charge on any atom is 0.247 e. The van der Waals surface area contributed by atoms with Crippen LogP contribution in [0.25, 0.3) is 0 Å². The molecular weight excluding hydrogens is 380 g/mol.